The topological polar surface area (TPSA) is 22.1 Å². The van der Waals surface area contributed by atoms with Crippen molar-refractivity contribution in [1.82, 2.24) is 4.98 Å². The van der Waals surface area contributed by atoms with Crippen molar-refractivity contribution in [2.45, 2.75) is 226 Å². The Labute approximate surface area is 294 Å². The van der Waals surface area contributed by atoms with Crippen molar-refractivity contribution in [2.75, 3.05) is 6.61 Å². The Morgan fingerprint density at radius 3 is 1.23 bits per heavy atom. The first kappa shape index (κ1) is 41.6. The molecular formula is C45H79NO. The molecule has 0 aliphatic heterocycles. The molecule has 0 fully saturated rings. The Morgan fingerprint density at radius 2 is 0.809 bits per heavy atom. The van der Waals surface area contributed by atoms with E-state index < -0.39 is 0 Å². The maximum Gasteiger partial charge on any atom is 0.128 e. The number of pyridine rings is 1. The molecule has 2 heteroatoms. The van der Waals surface area contributed by atoms with Gasteiger partial charge in [0.05, 0.1) is 12.1 Å². The van der Waals surface area contributed by atoms with E-state index in [0.29, 0.717) is 0 Å². The number of ether oxygens (including phenoxy) is 1. The standard InChI is InChI=1S/C45H79NO/c1-3-5-7-9-11-13-15-17-19-21-23-25-27-29-31-33-36-42-39-40-46-43-37-35-38-44(45(42)43)47-41-34-32-30-28-26-24-22-20-18-16-14-12-10-8-6-4-2/h35,37-40H,3-34,36,41H2,1-2H3. The average molecular weight is 650 g/mol. The number of aromatic nitrogens is 1. The Bertz CT molecular complexity index is 933. The van der Waals surface area contributed by atoms with Gasteiger partial charge in [0.1, 0.15) is 5.75 Å². The third-order valence-corrected chi connectivity index (χ3v) is 10.4. The molecule has 1 aromatic heterocycles. The van der Waals surface area contributed by atoms with Crippen molar-refractivity contribution < 1.29 is 4.74 Å². The fraction of sp³-hybridized carbons (Fsp3) is 0.800. The highest BCUT2D eigenvalue weighted by Crippen LogP contribution is 2.29. The summed E-state index contributed by atoms with van der Waals surface area (Å²) >= 11 is 0. The van der Waals surface area contributed by atoms with Crippen LogP contribution in [0.1, 0.15) is 225 Å². The fourth-order valence-electron chi connectivity index (χ4n) is 7.27. The molecule has 2 aromatic rings. The predicted octanol–water partition coefficient (Wildman–Crippen LogP) is 15.7. The maximum atomic E-state index is 6.37. The number of nitrogens with zero attached hydrogens (tertiary/aromatic N) is 1. The number of benzene rings is 1. The molecule has 0 spiro atoms. The van der Waals surface area contributed by atoms with Crippen LogP contribution in [0.25, 0.3) is 10.9 Å². The summed E-state index contributed by atoms with van der Waals surface area (Å²) in [5, 5.41) is 1.26. The smallest absolute Gasteiger partial charge is 0.128 e. The van der Waals surface area contributed by atoms with Crippen LogP contribution in [0.15, 0.2) is 30.5 Å². The molecule has 2 nitrogen and oxygen atoms in total. The number of hydrogen-bond donors (Lipinski definition) is 0. The summed E-state index contributed by atoms with van der Waals surface area (Å²) in [7, 11) is 0. The fourth-order valence-corrected chi connectivity index (χ4v) is 7.27. The van der Waals surface area contributed by atoms with Crippen molar-refractivity contribution in [3.8, 4) is 5.75 Å². The second-order valence-electron chi connectivity index (χ2n) is 14.8. The molecule has 0 radical (unpaired) electrons. The van der Waals surface area contributed by atoms with Crippen molar-refractivity contribution >= 4 is 10.9 Å². The van der Waals surface area contributed by atoms with Crippen molar-refractivity contribution in [1.29, 1.82) is 0 Å². The molecule has 0 saturated heterocycles. The summed E-state index contributed by atoms with van der Waals surface area (Å²) in [4.78, 5) is 4.67. The summed E-state index contributed by atoms with van der Waals surface area (Å²) in [6.45, 7) is 5.43. The van der Waals surface area contributed by atoms with E-state index in [9.17, 15) is 0 Å². The molecule has 0 aliphatic rings. The largest absolute Gasteiger partial charge is 0.493 e. The number of rotatable bonds is 35. The molecule has 2 rings (SSSR count). The number of aryl methyl sites for hydroxylation is 1. The van der Waals surface area contributed by atoms with Gasteiger partial charge < -0.3 is 4.74 Å². The zero-order valence-corrected chi connectivity index (χ0v) is 31.8. The first-order valence-electron chi connectivity index (χ1n) is 21.4. The summed E-state index contributed by atoms with van der Waals surface area (Å²) < 4.78 is 6.37. The Balaban J connectivity index is 1.47. The van der Waals surface area contributed by atoms with Crippen molar-refractivity contribution in [3.63, 3.8) is 0 Å². The van der Waals surface area contributed by atoms with Crippen LogP contribution in [0.4, 0.5) is 0 Å². The molecule has 0 bridgehead atoms. The van der Waals surface area contributed by atoms with E-state index in [1.165, 1.54) is 210 Å². The summed E-state index contributed by atoms with van der Waals surface area (Å²) in [6, 6.07) is 8.65. The molecule has 270 valence electrons. The molecule has 0 atom stereocenters. The van der Waals surface area contributed by atoms with E-state index in [4.69, 9.17) is 4.74 Å². The Morgan fingerprint density at radius 1 is 0.426 bits per heavy atom. The van der Waals surface area contributed by atoms with Crippen LogP contribution in [-0.2, 0) is 6.42 Å². The highest BCUT2D eigenvalue weighted by Gasteiger charge is 2.09. The third kappa shape index (κ3) is 22.6. The first-order valence-corrected chi connectivity index (χ1v) is 21.4. The van der Waals surface area contributed by atoms with Gasteiger partial charge in [0.15, 0.2) is 0 Å². The van der Waals surface area contributed by atoms with Crippen LogP contribution >= 0.6 is 0 Å². The lowest BCUT2D eigenvalue weighted by molar-refractivity contribution is 0.307. The zero-order valence-electron chi connectivity index (χ0n) is 31.8. The second-order valence-corrected chi connectivity index (χ2v) is 14.8. The van der Waals surface area contributed by atoms with E-state index in [-0.39, 0.29) is 0 Å². The van der Waals surface area contributed by atoms with Gasteiger partial charge in [-0.1, -0.05) is 213 Å². The van der Waals surface area contributed by atoms with Crippen LogP contribution in [0.2, 0.25) is 0 Å². The van der Waals surface area contributed by atoms with Gasteiger partial charge in [-0.15, -0.1) is 0 Å². The molecule has 1 aromatic carbocycles. The molecule has 1 heterocycles. The lowest BCUT2D eigenvalue weighted by atomic mass is 10.0. The van der Waals surface area contributed by atoms with E-state index in [2.05, 4.69) is 43.1 Å². The van der Waals surface area contributed by atoms with Gasteiger partial charge in [-0.05, 0) is 43.0 Å². The molecule has 0 unspecified atom stereocenters. The van der Waals surface area contributed by atoms with Crippen LogP contribution in [0, 0.1) is 0 Å². The lowest BCUT2D eigenvalue weighted by Crippen LogP contribution is -2.00. The zero-order chi connectivity index (χ0) is 33.3. The van der Waals surface area contributed by atoms with Gasteiger partial charge in [0, 0.05) is 11.6 Å². The molecular weight excluding hydrogens is 571 g/mol. The van der Waals surface area contributed by atoms with Gasteiger partial charge in [0.25, 0.3) is 0 Å². The van der Waals surface area contributed by atoms with Crippen LogP contribution in [0.3, 0.4) is 0 Å². The van der Waals surface area contributed by atoms with E-state index in [1.807, 2.05) is 6.20 Å². The highest BCUT2D eigenvalue weighted by molar-refractivity contribution is 5.88. The third-order valence-electron chi connectivity index (χ3n) is 10.4. The quantitative estimate of drug-likeness (QED) is 0.0693. The minimum absolute atomic E-state index is 0.824. The van der Waals surface area contributed by atoms with Crippen LogP contribution < -0.4 is 4.74 Å². The average Bonchev–Trinajstić information content (AvgIpc) is 3.09. The van der Waals surface area contributed by atoms with E-state index in [0.717, 1.165) is 30.7 Å². The minimum Gasteiger partial charge on any atom is -0.493 e. The minimum atomic E-state index is 0.824. The lowest BCUT2D eigenvalue weighted by Gasteiger charge is -2.13. The van der Waals surface area contributed by atoms with Gasteiger partial charge in [-0.2, -0.15) is 0 Å². The van der Waals surface area contributed by atoms with Crippen LogP contribution in [0.5, 0.6) is 5.75 Å². The predicted molar refractivity (Wildman–Crippen MR) is 210 cm³/mol. The Hall–Kier alpha value is -1.57. The van der Waals surface area contributed by atoms with Gasteiger partial charge in [0.2, 0.25) is 0 Å². The first-order chi connectivity index (χ1) is 23.4. The molecule has 0 aliphatic carbocycles. The molecule has 0 amide bonds. The molecule has 47 heavy (non-hydrogen) atoms. The highest BCUT2D eigenvalue weighted by atomic mass is 16.5. The maximum absolute atomic E-state index is 6.37. The Kier molecular flexibility index (Phi) is 28.0. The SMILES string of the molecule is CCCCCCCCCCCCCCCCCCOc1cccc2nccc(CCCCCCCCCCCCCCCCCC)c12. The monoisotopic (exact) mass is 650 g/mol. The van der Waals surface area contributed by atoms with Gasteiger partial charge in [-0.25, -0.2) is 0 Å². The van der Waals surface area contributed by atoms with Crippen molar-refractivity contribution in [2.24, 2.45) is 0 Å². The summed E-state index contributed by atoms with van der Waals surface area (Å²) in [5.74, 6) is 1.04. The van der Waals surface area contributed by atoms with Crippen molar-refractivity contribution in [3.05, 3.63) is 36.0 Å². The normalized spacial score (nSPS) is 11.5. The molecule has 0 N–H and O–H groups in total. The number of unbranched alkanes of at least 4 members (excludes halogenated alkanes) is 30. The van der Waals surface area contributed by atoms with Gasteiger partial charge in [-0.3, -0.25) is 4.98 Å². The van der Waals surface area contributed by atoms with Gasteiger partial charge >= 0.3 is 0 Å². The van der Waals surface area contributed by atoms with E-state index >= 15 is 0 Å². The number of hydrogen-bond acceptors (Lipinski definition) is 2. The second kappa shape index (κ2) is 31.7. The van der Waals surface area contributed by atoms with E-state index in [1.54, 1.807) is 0 Å². The summed E-state index contributed by atoms with van der Waals surface area (Å²) in [6.07, 6.45) is 48.2. The number of fused-ring (bicyclic) bond motifs is 1. The summed E-state index contributed by atoms with van der Waals surface area (Å²) in [5.41, 5.74) is 2.51. The molecule has 0 saturated carbocycles. The van der Waals surface area contributed by atoms with Crippen LogP contribution in [-0.4, -0.2) is 11.6 Å².